The van der Waals surface area contributed by atoms with Gasteiger partial charge in [-0.25, -0.2) is 4.79 Å². The number of ether oxygens (including phenoxy) is 1. The zero-order valence-corrected chi connectivity index (χ0v) is 11.7. The predicted molar refractivity (Wildman–Crippen MR) is 74.6 cm³/mol. The quantitative estimate of drug-likeness (QED) is 0.549. The number of hydrogen-bond acceptors (Lipinski definition) is 2. The van der Waals surface area contributed by atoms with Crippen molar-refractivity contribution in [2.75, 3.05) is 6.61 Å². The van der Waals surface area contributed by atoms with E-state index in [1.807, 2.05) is 18.2 Å². The Kier molecular flexibility index (Phi) is 5.90. The first-order valence-electron chi connectivity index (χ1n) is 6.71. The fourth-order valence-electron chi connectivity index (χ4n) is 1.76. The van der Waals surface area contributed by atoms with Crippen LogP contribution in [0.25, 0.3) is 0 Å². The highest BCUT2D eigenvalue weighted by Crippen LogP contribution is 2.21. The fourth-order valence-corrected chi connectivity index (χ4v) is 1.76. The van der Waals surface area contributed by atoms with Gasteiger partial charge in [-0.3, -0.25) is 0 Å². The molecule has 0 radical (unpaired) electrons. The highest BCUT2D eigenvalue weighted by Gasteiger charge is 2.09. The lowest BCUT2D eigenvalue weighted by atomic mass is 9.89. The Morgan fingerprint density at radius 1 is 1.06 bits per heavy atom. The van der Waals surface area contributed by atoms with Crippen molar-refractivity contribution in [1.29, 1.82) is 0 Å². The highest BCUT2D eigenvalue weighted by molar-refractivity contribution is 5.89. The van der Waals surface area contributed by atoms with Crippen LogP contribution in [0.4, 0.5) is 0 Å². The maximum Gasteiger partial charge on any atom is 0.338 e. The van der Waals surface area contributed by atoms with Gasteiger partial charge in [0.2, 0.25) is 0 Å². The number of carbonyl (C=O) groups excluding carboxylic acids is 1. The molecule has 18 heavy (non-hydrogen) atoms. The molecule has 2 nitrogen and oxygen atoms in total. The average molecular weight is 248 g/mol. The molecule has 0 aliphatic carbocycles. The predicted octanol–water partition coefficient (Wildman–Crippen LogP) is 4.45. The first kappa shape index (κ1) is 14.7. The summed E-state index contributed by atoms with van der Waals surface area (Å²) in [6.07, 6.45) is 4.50. The molecule has 1 aromatic rings. The summed E-state index contributed by atoms with van der Waals surface area (Å²) in [6.45, 7) is 7.28. The van der Waals surface area contributed by atoms with E-state index in [0.29, 0.717) is 17.6 Å². The van der Waals surface area contributed by atoms with Crippen molar-refractivity contribution in [1.82, 2.24) is 0 Å². The van der Waals surface area contributed by atoms with E-state index in [1.54, 1.807) is 12.1 Å². The molecular formula is C16H24O2. The van der Waals surface area contributed by atoms with Gasteiger partial charge in [0, 0.05) is 0 Å². The summed E-state index contributed by atoms with van der Waals surface area (Å²) in [5.74, 6) is -0.216. The summed E-state index contributed by atoms with van der Waals surface area (Å²) in [7, 11) is 0. The lowest BCUT2D eigenvalue weighted by Crippen LogP contribution is -2.07. The molecule has 0 bridgehead atoms. The molecule has 1 aromatic carbocycles. The molecule has 0 amide bonds. The molecule has 100 valence electrons. The molecule has 0 saturated heterocycles. The summed E-state index contributed by atoms with van der Waals surface area (Å²) in [6, 6.07) is 9.15. The summed E-state index contributed by atoms with van der Waals surface area (Å²) in [4.78, 5) is 11.6. The Morgan fingerprint density at radius 3 is 2.33 bits per heavy atom. The van der Waals surface area contributed by atoms with Crippen LogP contribution in [0.3, 0.4) is 0 Å². The molecule has 0 atom stereocenters. The van der Waals surface area contributed by atoms with Crippen LogP contribution in [0, 0.1) is 5.41 Å². The molecule has 0 saturated carbocycles. The second-order valence-electron chi connectivity index (χ2n) is 5.87. The van der Waals surface area contributed by atoms with Gasteiger partial charge < -0.3 is 4.74 Å². The number of unbranched alkanes of at least 4 members (excludes halogenated alkanes) is 2. The van der Waals surface area contributed by atoms with Crippen molar-refractivity contribution in [2.24, 2.45) is 5.41 Å². The monoisotopic (exact) mass is 248 g/mol. The van der Waals surface area contributed by atoms with Crippen LogP contribution in [0.5, 0.6) is 0 Å². The molecule has 0 fully saturated rings. The van der Waals surface area contributed by atoms with Gasteiger partial charge in [0.25, 0.3) is 0 Å². The molecule has 1 rings (SSSR count). The van der Waals surface area contributed by atoms with Gasteiger partial charge in [0.15, 0.2) is 0 Å². The SMILES string of the molecule is CC(C)(C)CCCCCOC(=O)c1ccccc1. The molecule has 0 aliphatic heterocycles. The molecule has 0 heterocycles. The summed E-state index contributed by atoms with van der Waals surface area (Å²) in [5.41, 5.74) is 1.04. The van der Waals surface area contributed by atoms with Gasteiger partial charge in [-0.2, -0.15) is 0 Å². The normalized spacial score (nSPS) is 11.3. The van der Waals surface area contributed by atoms with E-state index in [9.17, 15) is 4.79 Å². The highest BCUT2D eigenvalue weighted by atomic mass is 16.5. The van der Waals surface area contributed by atoms with Crippen LogP contribution in [0.2, 0.25) is 0 Å². The Balaban J connectivity index is 2.10. The van der Waals surface area contributed by atoms with Crippen molar-refractivity contribution in [3.8, 4) is 0 Å². The second kappa shape index (κ2) is 7.20. The van der Waals surface area contributed by atoms with Gasteiger partial charge in [-0.1, -0.05) is 51.8 Å². The maximum absolute atomic E-state index is 11.6. The number of esters is 1. The minimum Gasteiger partial charge on any atom is -0.462 e. The van der Waals surface area contributed by atoms with E-state index in [2.05, 4.69) is 20.8 Å². The van der Waals surface area contributed by atoms with Gasteiger partial charge in [-0.15, -0.1) is 0 Å². The molecule has 0 N–H and O–H groups in total. The van der Waals surface area contributed by atoms with E-state index in [-0.39, 0.29) is 5.97 Å². The van der Waals surface area contributed by atoms with Gasteiger partial charge in [-0.05, 0) is 30.4 Å². The Bertz CT molecular complexity index is 349. The van der Waals surface area contributed by atoms with Crippen LogP contribution < -0.4 is 0 Å². The second-order valence-corrected chi connectivity index (χ2v) is 5.87. The van der Waals surface area contributed by atoms with Crippen molar-refractivity contribution in [2.45, 2.75) is 46.5 Å². The molecule has 2 heteroatoms. The largest absolute Gasteiger partial charge is 0.462 e. The number of benzene rings is 1. The first-order chi connectivity index (χ1) is 8.49. The molecule has 0 unspecified atom stereocenters. The third kappa shape index (κ3) is 6.43. The van der Waals surface area contributed by atoms with Crippen molar-refractivity contribution >= 4 is 5.97 Å². The van der Waals surface area contributed by atoms with Crippen molar-refractivity contribution in [3.05, 3.63) is 35.9 Å². The minimum absolute atomic E-state index is 0.216. The topological polar surface area (TPSA) is 26.3 Å². The summed E-state index contributed by atoms with van der Waals surface area (Å²) in [5, 5.41) is 0. The third-order valence-electron chi connectivity index (χ3n) is 2.81. The van der Waals surface area contributed by atoms with Crippen LogP contribution in [-0.4, -0.2) is 12.6 Å². The Labute approximate surface area is 110 Å². The number of rotatable bonds is 6. The van der Waals surface area contributed by atoms with E-state index in [1.165, 1.54) is 12.8 Å². The molecule has 0 aliphatic rings. The minimum atomic E-state index is -0.216. The standard InChI is InChI=1S/C16H24O2/c1-16(2,3)12-8-5-9-13-18-15(17)14-10-6-4-7-11-14/h4,6-7,10-11H,5,8-9,12-13H2,1-3H3. The average Bonchev–Trinajstić information content (AvgIpc) is 2.33. The Morgan fingerprint density at radius 2 is 1.72 bits per heavy atom. The van der Waals surface area contributed by atoms with E-state index >= 15 is 0 Å². The van der Waals surface area contributed by atoms with Gasteiger partial charge in [0.1, 0.15) is 0 Å². The van der Waals surface area contributed by atoms with Gasteiger partial charge in [0.05, 0.1) is 12.2 Å². The lowest BCUT2D eigenvalue weighted by molar-refractivity contribution is 0.0497. The van der Waals surface area contributed by atoms with Crippen LogP contribution in [-0.2, 0) is 4.74 Å². The third-order valence-corrected chi connectivity index (χ3v) is 2.81. The maximum atomic E-state index is 11.6. The van der Waals surface area contributed by atoms with Gasteiger partial charge >= 0.3 is 5.97 Å². The molecular weight excluding hydrogens is 224 g/mol. The zero-order chi connectivity index (χ0) is 13.4. The smallest absolute Gasteiger partial charge is 0.338 e. The van der Waals surface area contributed by atoms with Crippen LogP contribution in [0.1, 0.15) is 56.8 Å². The molecule has 0 spiro atoms. The number of hydrogen-bond donors (Lipinski definition) is 0. The fraction of sp³-hybridized carbons (Fsp3) is 0.562. The van der Waals surface area contributed by atoms with Crippen molar-refractivity contribution < 1.29 is 9.53 Å². The van der Waals surface area contributed by atoms with Crippen molar-refractivity contribution in [3.63, 3.8) is 0 Å². The summed E-state index contributed by atoms with van der Waals surface area (Å²) < 4.78 is 5.22. The van der Waals surface area contributed by atoms with E-state index in [4.69, 9.17) is 4.74 Å². The summed E-state index contributed by atoms with van der Waals surface area (Å²) >= 11 is 0. The Hall–Kier alpha value is -1.31. The zero-order valence-electron chi connectivity index (χ0n) is 11.7. The van der Waals surface area contributed by atoms with Crippen LogP contribution in [0.15, 0.2) is 30.3 Å². The van der Waals surface area contributed by atoms with Crippen LogP contribution >= 0.6 is 0 Å². The lowest BCUT2D eigenvalue weighted by Gasteiger charge is -2.17. The van der Waals surface area contributed by atoms with E-state index in [0.717, 1.165) is 12.8 Å². The van der Waals surface area contributed by atoms with E-state index < -0.39 is 0 Å². The number of carbonyl (C=O) groups is 1. The first-order valence-corrected chi connectivity index (χ1v) is 6.71. The molecule has 0 aromatic heterocycles.